The Balaban J connectivity index is 1.75. The van der Waals surface area contributed by atoms with Crippen LogP contribution in [0.5, 0.6) is 0 Å². The summed E-state index contributed by atoms with van der Waals surface area (Å²) in [6.45, 7) is 5.85. The van der Waals surface area contributed by atoms with Crippen molar-refractivity contribution in [2.45, 2.75) is 32.4 Å². The molecule has 40 heavy (non-hydrogen) atoms. The van der Waals surface area contributed by atoms with Crippen molar-refractivity contribution in [2.75, 3.05) is 23.9 Å². The zero-order valence-electron chi connectivity index (χ0n) is 23.7. The van der Waals surface area contributed by atoms with E-state index >= 15 is 0 Å². The van der Waals surface area contributed by atoms with Crippen molar-refractivity contribution in [1.29, 1.82) is 0 Å². The molecule has 0 aliphatic carbocycles. The molecule has 0 aromatic heterocycles. The van der Waals surface area contributed by atoms with E-state index < -0.39 is 11.6 Å². The highest BCUT2D eigenvalue weighted by Gasteiger charge is 2.43. The number of para-hydroxylation sites is 1. The first-order valence-corrected chi connectivity index (χ1v) is 13.5. The zero-order chi connectivity index (χ0) is 28.4. The van der Waals surface area contributed by atoms with E-state index in [1.54, 1.807) is 4.90 Å². The lowest BCUT2D eigenvalue weighted by Gasteiger charge is -2.31. The Bertz CT molecular complexity index is 1510. The van der Waals surface area contributed by atoms with Crippen LogP contribution in [0, 0.1) is 0 Å². The largest absolute Gasteiger partial charge is 0.378 e. The Hall–Kier alpha value is -4.64. The van der Waals surface area contributed by atoms with Gasteiger partial charge < -0.3 is 10.2 Å². The van der Waals surface area contributed by atoms with Gasteiger partial charge in [-0.3, -0.25) is 14.5 Å². The summed E-state index contributed by atoms with van der Waals surface area (Å²) in [5, 5.41) is 3.13. The van der Waals surface area contributed by atoms with Gasteiger partial charge in [0.05, 0.1) is 11.3 Å². The number of carbonyl (C=O) groups excluding carboxylic acids is 2. The summed E-state index contributed by atoms with van der Waals surface area (Å²) < 4.78 is 0. The van der Waals surface area contributed by atoms with Gasteiger partial charge in [0.1, 0.15) is 6.04 Å². The average molecular weight is 530 g/mol. The maximum absolute atomic E-state index is 14.7. The van der Waals surface area contributed by atoms with Crippen LogP contribution in [0.2, 0.25) is 0 Å². The van der Waals surface area contributed by atoms with Crippen LogP contribution in [0.3, 0.4) is 0 Å². The topological polar surface area (TPSA) is 52.7 Å². The summed E-state index contributed by atoms with van der Waals surface area (Å²) in [7, 11) is 3.95. The highest BCUT2D eigenvalue weighted by atomic mass is 16.2. The summed E-state index contributed by atoms with van der Waals surface area (Å²) >= 11 is 0. The molecule has 0 radical (unpaired) electrons. The second-order valence-electron chi connectivity index (χ2n) is 11.3. The average Bonchev–Trinajstić information content (AvgIpc) is 3.21. The SMILES string of the molecule is CN(C)c1ccc(C(C(=O)NC(C)(C)C)N2C(=O)C(=C(c3ccccc3)c3ccccc3)c3ccccc32)cc1. The van der Waals surface area contributed by atoms with Gasteiger partial charge in [-0.2, -0.15) is 0 Å². The van der Waals surface area contributed by atoms with Gasteiger partial charge in [0.25, 0.3) is 5.91 Å². The fourth-order valence-corrected chi connectivity index (χ4v) is 5.21. The number of hydrogen-bond acceptors (Lipinski definition) is 3. The summed E-state index contributed by atoms with van der Waals surface area (Å²) in [6, 6.07) is 34.7. The molecule has 1 unspecified atom stereocenters. The summed E-state index contributed by atoms with van der Waals surface area (Å²) in [5.41, 5.74) is 6.15. The third-order valence-electron chi connectivity index (χ3n) is 6.97. The molecule has 0 saturated heterocycles. The van der Waals surface area contributed by atoms with E-state index in [1.165, 1.54) is 0 Å². The molecule has 0 bridgehead atoms. The van der Waals surface area contributed by atoms with Crippen molar-refractivity contribution in [3.63, 3.8) is 0 Å². The Morgan fingerprint density at radius 1 is 0.750 bits per heavy atom. The first kappa shape index (κ1) is 26.9. The van der Waals surface area contributed by atoms with E-state index in [9.17, 15) is 9.59 Å². The number of benzene rings is 4. The zero-order valence-corrected chi connectivity index (χ0v) is 23.7. The summed E-state index contributed by atoms with van der Waals surface area (Å²) in [4.78, 5) is 32.4. The van der Waals surface area contributed by atoms with Crippen molar-refractivity contribution >= 4 is 34.3 Å². The monoisotopic (exact) mass is 529 g/mol. The quantitative estimate of drug-likeness (QED) is 0.282. The number of anilines is 2. The number of hydrogen-bond donors (Lipinski definition) is 1. The van der Waals surface area contributed by atoms with E-state index in [0.29, 0.717) is 5.57 Å². The van der Waals surface area contributed by atoms with Gasteiger partial charge in [-0.15, -0.1) is 0 Å². The molecule has 0 spiro atoms. The van der Waals surface area contributed by atoms with Gasteiger partial charge >= 0.3 is 0 Å². The molecule has 1 N–H and O–H groups in total. The van der Waals surface area contributed by atoms with Gasteiger partial charge in [0.2, 0.25) is 5.91 Å². The third-order valence-corrected chi connectivity index (χ3v) is 6.97. The number of rotatable bonds is 6. The smallest absolute Gasteiger partial charge is 0.260 e. The molecule has 4 aromatic rings. The van der Waals surface area contributed by atoms with Gasteiger partial charge in [-0.05, 0) is 55.7 Å². The van der Waals surface area contributed by atoms with E-state index in [2.05, 4.69) is 5.32 Å². The molecule has 202 valence electrons. The number of nitrogens with one attached hydrogen (secondary N) is 1. The summed E-state index contributed by atoms with van der Waals surface area (Å²) in [5.74, 6) is -0.426. The molecule has 1 atom stereocenters. The fraction of sp³-hybridized carbons (Fsp3) is 0.200. The second kappa shape index (κ2) is 10.9. The Morgan fingerprint density at radius 2 is 1.27 bits per heavy atom. The lowest BCUT2D eigenvalue weighted by Crippen LogP contribution is -2.48. The molecular formula is C35H35N3O2. The Labute approximate surface area is 236 Å². The molecule has 5 rings (SSSR count). The maximum Gasteiger partial charge on any atom is 0.260 e. The van der Waals surface area contributed by atoms with Crippen LogP contribution in [0.25, 0.3) is 11.1 Å². The fourth-order valence-electron chi connectivity index (χ4n) is 5.21. The number of carbonyl (C=O) groups is 2. The molecular weight excluding hydrogens is 494 g/mol. The molecule has 5 heteroatoms. The van der Waals surface area contributed by atoms with Crippen molar-refractivity contribution in [3.8, 4) is 0 Å². The first-order chi connectivity index (χ1) is 19.2. The van der Waals surface area contributed by atoms with Crippen molar-refractivity contribution in [1.82, 2.24) is 5.32 Å². The summed E-state index contributed by atoms with van der Waals surface area (Å²) in [6.07, 6.45) is 0. The van der Waals surface area contributed by atoms with Crippen LogP contribution in [0.1, 0.15) is 49.1 Å². The van der Waals surface area contributed by atoms with Crippen LogP contribution in [-0.4, -0.2) is 31.4 Å². The van der Waals surface area contributed by atoms with Crippen molar-refractivity contribution in [3.05, 3.63) is 131 Å². The van der Waals surface area contributed by atoms with Crippen LogP contribution in [0.4, 0.5) is 11.4 Å². The van der Waals surface area contributed by atoms with Crippen LogP contribution < -0.4 is 15.1 Å². The van der Waals surface area contributed by atoms with Gasteiger partial charge in [-0.1, -0.05) is 91.0 Å². The first-order valence-electron chi connectivity index (χ1n) is 13.5. The lowest BCUT2D eigenvalue weighted by atomic mass is 9.90. The molecule has 1 heterocycles. The Kier molecular flexibility index (Phi) is 7.31. The normalized spacial score (nSPS) is 13.6. The maximum atomic E-state index is 14.7. The molecule has 2 amide bonds. The number of nitrogens with zero attached hydrogens (tertiary/aromatic N) is 2. The van der Waals surface area contributed by atoms with Crippen molar-refractivity contribution in [2.24, 2.45) is 0 Å². The molecule has 0 saturated carbocycles. The van der Waals surface area contributed by atoms with E-state index in [0.717, 1.165) is 39.2 Å². The Morgan fingerprint density at radius 3 is 1.80 bits per heavy atom. The van der Waals surface area contributed by atoms with Crippen LogP contribution >= 0.6 is 0 Å². The third kappa shape index (κ3) is 5.28. The molecule has 4 aromatic carbocycles. The molecule has 1 aliphatic heterocycles. The van der Waals surface area contributed by atoms with E-state index in [4.69, 9.17) is 0 Å². The minimum atomic E-state index is -0.852. The minimum Gasteiger partial charge on any atom is -0.378 e. The van der Waals surface area contributed by atoms with Gasteiger partial charge in [0.15, 0.2) is 0 Å². The van der Waals surface area contributed by atoms with Crippen LogP contribution in [0.15, 0.2) is 109 Å². The highest BCUT2D eigenvalue weighted by Crippen LogP contribution is 2.46. The van der Waals surface area contributed by atoms with Gasteiger partial charge in [-0.25, -0.2) is 0 Å². The van der Waals surface area contributed by atoms with Gasteiger partial charge in [0, 0.05) is 36.5 Å². The number of fused-ring (bicyclic) bond motifs is 1. The van der Waals surface area contributed by atoms with E-state index in [-0.39, 0.29) is 11.8 Å². The predicted molar refractivity (Wildman–Crippen MR) is 164 cm³/mol. The molecule has 5 nitrogen and oxygen atoms in total. The lowest BCUT2D eigenvalue weighted by molar-refractivity contribution is -0.126. The predicted octanol–water partition coefficient (Wildman–Crippen LogP) is 6.71. The van der Waals surface area contributed by atoms with Crippen LogP contribution in [-0.2, 0) is 9.59 Å². The molecule has 0 fully saturated rings. The van der Waals surface area contributed by atoms with Crippen molar-refractivity contribution < 1.29 is 9.59 Å². The second-order valence-corrected chi connectivity index (χ2v) is 11.3. The minimum absolute atomic E-state index is 0.199. The standard InChI is InChI=1S/C35H35N3O2/c1-35(2,3)36-33(39)32(26-20-22-27(23-21-26)37(4)5)38-29-19-13-12-18-28(29)31(34(38)40)30(24-14-8-6-9-15-24)25-16-10-7-11-17-25/h6-23,32H,1-5H3,(H,36,39). The van der Waals surface area contributed by atoms with E-state index in [1.807, 2.05) is 149 Å². The highest BCUT2D eigenvalue weighted by molar-refractivity contribution is 6.39. The molecule has 1 aliphatic rings. The number of amides is 2.